The summed E-state index contributed by atoms with van der Waals surface area (Å²) in [6.07, 6.45) is -3.68. The maximum absolute atomic E-state index is 11.7. The first-order chi connectivity index (χ1) is 6.00. The quantitative estimate of drug-likeness (QED) is 0.489. The molecule has 0 radical (unpaired) electrons. The van der Waals surface area contributed by atoms with Crippen molar-refractivity contribution in [1.29, 1.82) is 0 Å². The molecule has 0 atom stereocenters. The van der Waals surface area contributed by atoms with Crippen molar-refractivity contribution in [1.82, 2.24) is 4.98 Å². The van der Waals surface area contributed by atoms with Gasteiger partial charge >= 0.3 is 6.18 Å². The number of nitrogens with zero attached hydrogens (tertiary/aromatic N) is 2. The smallest absolute Gasteiger partial charge is 0.419 e. The van der Waals surface area contributed by atoms with Gasteiger partial charge in [-0.2, -0.15) is 13.2 Å². The van der Waals surface area contributed by atoms with Crippen LogP contribution in [0.5, 0.6) is 0 Å². The van der Waals surface area contributed by atoms with Gasteiger partial charge < -0.3 is 5.11 Å². The highest BCUT2D eigenvalue weighted by atomic mass is 19.4. The molecule has 0 unspecified atom stereocenters. The summed E-state index contributed by atoms with van der Waals surface area (Å²) in [4.78, 5) is 6.20. The van der Waals surface area contributed by atoms with Crippen molar-refractivity contribution in [3.63, 3.8) is 0 Å². The Morgan fingerprint density at radius 3 is 2.54 bits per heavy atom. The Kier molecular flexibility index (Phi) is 2.50. The fourth-order valence-electron chi connectivity index (χ4n) is 0.587. The van der Waals surface area contributed by atoms with Gasteiger partial charge in [-0.25, -0.2) is 9.98 Å². The summed E-state index contributed by atoms with van der Waals surface area (Å²) >= 11 is 0. The second-order valence-corrected chi connectivity index (χ2v) is 2.10. The van der Waals surface area contributed by atoms with Crippen LogP contribution in [0.3, 0.4) is 0 Å². The highest BCUT2D eigenvalue weighted by molar-refractivity contribution is 5.79. The average Bonchev–Trinajstić information content (AvgIpc) is 2.04. The van der Waals surface area contributed by atoms with Crippen molar-refractivity contribution in [3.8, 4) is 0 Å². The maximum atomic E-state index is 11.7. The molecule has 1 aromatic heterocycles. The first-order valence-corrected chi connectivity index (χ1v) is 3.24. The number of pyridine rings is 1. The Morgan fingerprint density at radius 2 is 2.08 bits per heavy atom. The molecule has 1 heterocycles. The van der Waals surface area contributed by atoms with Gasteiger partial charge in [-0.05, 0) is 12.1 Å². The monoisotopic (exact) mass is 189 g/mol. The van der Waals surface area contributed by atoms with Crippen molar-refractivity contribution in [2.45, 2.75) is 6.18 Å². The number of aromatic nitrogens is 1. The van der Waals surface area contributed by atoms with Crippen LogP contribution in [0.2, 0.25) is 0 Å². The number of rotatable bonds is 1. The lowest BCUT2D eigenvalue weighted by atomic mass is 10.5. The minimum Gasteiger partial charge on any atom is -0.855 e. The highest BCUT2D eigenvalue weighted by Gasteiger charge is 2.28. The predicted octanol–water partition coefficient (Wildman–Crippen LogP) is 1.03. The van der Waals surface area contributed by atoms with Crippen LogP contribution in [-0.2, 0) is 0 Å². The van der Waals surface area contributed by atoms with Crippen LogP contribution in [0, 0.1) is 0 Å². The topological polar surface area (TPSA) is 48.3 Å². The van der Waals surface area contributed by atoms with Gasteiger partial charge in [0.05, 0.1) is 5.90 Å². The van der Waals surface area contributed by atoms with E-state index in [0.29, 0.717) is 0 Å². The summed E-state index contributed by atoms with van der Waals surface area (Å²) in [6, 6.07) is 4.16. The summed E-state index contributed by atoms with van der Waals surface area (Å²) in [7, 11) is 0. The van der Waals surface area contributed by atoms with Crippen LogP contribution < -0.4 is 5.11 Å². The Bertz CT molecular complexity index is 307. The second kappa shape index (κ2) is 3.42. The normalized spacial score (nSPS) is 13.0. The molecule has 0 aromatic carbocycles. The lowest BCUT2D eigenvalue weighted by molar-refractivity contribution is -0.262. The number of halogens is 3. The molecule has 6 heteroatoms. The molecule has 13 heavy (non-hydrogen) atoms. The number of hydrogen-bond donors (Lipinski definition) is 0. The molecule has 0 aliphatic heterocycles. The number of aliphatic imine (C=N–C) groups is 1. The lowest BCUT2D eigenvalue weighted by Crippen LogP contribution is -2.34. The van der Waals surface area contributed by atoms with Gasteiger partial charge in [0.25, 0.3) is 0 Å². The van der Waals surface area contributed by atoms with E-state index < -0.39 is 12.1 Å². The largest absolute Gasteiger partial charge is 0.855 e. The molecule has 1 aromatic rings. The van der Waals surface area contributed by atoms with E-state index in [1.807, 2.05) is 0 Å². The van der Waals surface area contributed by atoms with E-state index in [1.165, 1.54) is 24.4 Å². The summed E-state index contributed by atoms with van der Waals surface area (Å²) in [5, 5.41) is 10.3. The van der Waals surface area contributed by atoms with Crippen LogP contribution in [-0.4, -0.2) is 17.1 Å². The summed E-state index contributed by atoms with van der Waals surface area (Å²) in [5.41, 5.74) is 0. The minimum absolute atomic E-state index is 0.246. The van der Waals surface area contributed by atoms with Crippen molar-refractivity contribution in [2.24, 2.45) is 4.99 Å². The molecule has 0 N–H and O–H groups in total. The van der Waals surface area contributed by atoms with Crippen molar-refractivity contribution >= 4 is 11.7 Å². The molecular weight excluding hydrogens is 185 g/mol. The molecule has 0 aliphatic rings. The van der Waals surface area contributed by atoms with Crippen molar-refractivity contribution in [2.75, 3.05) is 0 Å². The van der Waals surface area contributed by atoms with Gasteiger partial charge in [0.15, 0.2) is 5.82 Å². The predicted molar refractivity (Wildman–Crippen MR) is 37.4 cm³/mol. The number of alkyl halides is 3. The zero-order chi connectivity index (χ0) is 9.90. The van der Waals surface area contributed by atoms with Crippen LogP contribution >= 0.6 is 0 Å². The van der Waals surface area contributed by atoms with E-state index >= 15 is 0 Å². The van der Waals surface area contributed by atoms with Crippen LogP contribution in [0.15, 0.2) is 29.4 Å². The highest BCUT2D eigenvalue weighted by Crippen LogP contribution is 2.16. The summed E-state index contributed by atoms with van der Waals surface area (Å²) in [6.45, 7) is 0. The van der Waals surface area contributed by atoms with E-state index in [9.17, 15) is 18.3 Å². The van der Waals surface area contributed by atoms with Gasteiger partial charge in [-0.3, -0.25) is 0 Å². The van der Waals surface area contributed by atoms with Gasteiger partial charge in [0.1, 0.15) is 0 Å². The maximum Gasteiger partial charge on any atom is 0.419 e. The third kappa shape index (κ3) is 2.73. The molecule has 1 rings (SSSR count). The molecule has 0 amide bonds. The Labute approximate surface area is 71.6 Å². The van der Waals surface area contributed by atoms with Gasteiger partial charge in [0, 0.05) is 6.20 Å². The second-order valence-electron chi connectivity index (χ2n) is 2.10. The molecule has 3 nitrogen and oxygen atoms in total. The van der Waals surface area contributed by atoms with Crippen molar-refractivity contribution in [3.05, 3.63) is 24.4 Å². The van der Waals surface area contributed by atoms with Crippen LogP contribution in [0.4, 0.5) is 19.0 Å². The molecular formula is C7H4F3N2O-. The third-order valence-corrected chi connectivity index (χ3v) is 1.11. The molecule has 0 aliphatic carbocycles. The summed E-state index contributed by atoms with van der Waals surface area (Å²) < 4.78 is 35.0. The zero-order valence-electron chi connectivity index (χ0n) is 6.25. The molecule has 0 spiro atoms. The van der Waals surface area contributed by atoms with E-state index in [4.69, 9.17) is 0 Å². The average molecular weight is 189 g/mol. The lowest BCUT2D eigenvalue weighted by Gasteiger charge is -2.12. The fraction of sp³-hybridized carbons (Fsp3) is 0.143. The minimum atomic E-state index is -4.93. The standard InChI is InChI=1S/C7H5F3N2O/c8-7(9,10)6(13)12-5-3-1-2-4-11-5/h1-4H,(H,11,12,13)/p-1. The first-order valence-electron chi connectivity index (χ1n) is 3.24. The molecule has 70 valence electrons. The van der Waals surface area contributed by atoms with Gasteiger partial charge in [-0.1, -0.05) is 6.07 Å². The van der Waals surface area contributed by atoms with E-state index in [1.54, 1.807) is 0 Å². The number of hydrogen-bond acceptors (Lipinski definition) is 3. The zero-order valence-corrected chi connectivity index (χ0v) is 6.25. The Hall–Kier alpha value is -1.59. The molecule has 0 saturated carbocycles. The first kappa shape index (κ1) is 9.50. The van der Waals surface area contributed by atoms with E-state index in [0.717, 1.165) is 0 Å². The van der Waals surface area contributed by atoms with Gasteiger partial charge in [0.2, 0.25) is 0 Å². The summed E-state index contributed by atoms with van der Waals surface area (Å²) in [5.74, 6) is -2.39. The SMILES string of the molecule is [O-]/C(=N\c1ccccn1)C(F)(F)F. The molecule has 0 fully saturated rings. The van der Waals surface area contributed by atoms with E-state index in [-0.39, 0.29) is 5.82 Å². The molecule has 0 saturated heterocycles. The third-order valence-electron chi connectivity index (χ3n) is 1.11. The fourth-order valence-corrected chi connectivity index (χ4v) is 0.587. The van der Waals surface area contributed by atoms with E-state index in [2.05, 4.69) is 9.98 Å². The van der Waals surface area contributed by atoms with Crippen molar-refractivity contribution < 1.29 is 18.3 Å². The Balaban J connectivity index is 2.90. The Morgan fingerprint density at radius 1 is 1.38 bits per heavy atom. The van der Waals surface area contributed by atoms with Crippen LogP contribution in [0.1, 0.15) is 0 Å². The molecule has 0 bridgehead atoms. The van der Waals surface area contributed by atoms with Crippen LogP contribution in [0.25, 0.3) is 0 Å². The van der Waals surface area contributed by atoms with Gasteiger partial charge in [-0.15, -0.1) is 0 Å².